The van der Waals surface area contributed by atoms with E-state index in [0.717, 1.165) is 43.0 Å². The molecular formula is C24H26N2O10S2. The van der Waals surface area contributed by atoms with Crippen LogP contribution in [0.1, 0.15) is 40.2 Å². The minimum atomic E-state index is -1.45. The standard InChI is InChI=1S/C24H26N2O10S2/c1-11(16-6-8-25-9-7-16)21-22(31)26(24(37)38-21)23-20(35-15(5)30)19(34-14(4)29)18(33-13(3)28)17(36-23)10-32-12(2)27/h6-9,17-20,23H,10H2,1-5H3/b21-11-/t17-,18+,19+,20+,23+/m0/s1. The SMILES string of the molecule is CC(=O)OC[C@@H]1O[C@@H](N2C(=O)/C(=C(\C)c3ccncc3)SC2=S)[C@H](OC(C)=O)[C@H](OC(C)=O)[C@@H]1OC(C)=O. The summed E-state index contributed by atoms with van der Waals surface area (Å²) in [5, 5.41) is 0. The third kappa shape index (κ3) is 6.74. The molecule has 5 atom stereocenters. The lowest BCUT2D eigenvalue weighted by Gasteiger charge is -2.46. The minimum absolute atomic E-state index is 0.0827. The molecule has 2 fully saturated rings. The van der Waals surface area contributed by atoms with Crippen molar-refractivity contribution >= 4 is 63.7 Å². The zero-order valence-corrected chi connectivity index (χ0v) is 22.8. The van der Waals surface area contributed by atoms with Gasteiger partial charge in [-0.05, 0) is 30.2 Å². The van der Waals surface area contributed by atoms with E-state index in [2.05, 4.69) is 4.98 Å². The molecule has 0 radical (unpaired) electrons. The maximum atomic E-state index is 13.7. The monoisotopic (exact) mass is 566 g/mol. The number of allylic oxidation sites excluding steroid dienone is 1. The van der Waals surface area contributed by atoms with Gasteiger partial charge in [-0.15, -0.1) is 0 Å². The molecule has 0 aromatic carbocycles. The Morgan fingerprint density at radius 3 is 2.03 bits per heavy atom. The van der Waals surface area contributed by atoms with Gasteiger partial charge in [0.15, 0.2) is 28.9 Å². The molecule has 2 saturated heterocycles. The third-order valence-electron chi connectivity index (χ3n) is 5.47. The van der Waals surface area contributed by atoms with Crippen molar-refractivity contribution in [3.8, 4) is 0 Å². The summed E-state index contributed by atoms with van der Waals surface area (Å²) in [5.41, 5.74) is 1.36. The van der Waals surface area contributed by atoms with Crippen molar-refractivity contribution in [2.45, 2.75) is 65.3 Å². The van der Waals surface area contributed by atoms with Crippen LogP contribution in [0.4, 0.5) is 0 Å². The number of pyridine rings is 1. The third-order valence-corrected chi connectivity index (χ3v) is 6.98. The van der Waals surface area contributed by atoms with E-state index in [0.29, 0.717) is 10.5 Å². The number of hydrogen-bond acceptors (Lipinski definition) is 13. The second kappa shape index (κ2) is 12.5. The summed E-state index contributed by atoms with van der Waals surface area (Å²) in [5.74, 6) is -3.52. The highest BCUT2D eigenvalue weighted by Gasteiger charge is 2.56. The summed E-state index contributed by atoms with van der Waals surface area (Å²) in [6.45, 7) is 5.84. The molecule has 12 nitrogen and oxygen atoms in total. The number of ether oxygens (including phenoxy) is 5. The van der Waals surface area contributed by atoms with Crippen molar-refractivity contribution < 1.29 is 47.7 Å². The fourth-order valence-corrected chi connectivity index (χ4v) is 5.33. The largest absolute Gasteiger partial charge is 0.463 e. The van der Waals surface area contributed by atoms with Crippen LogP contribution in [0.5, 0.6) is 0 Å². The van der Waals surface area contributed by atoms with Crippen LogP contribution in [0.25, 0.3) is 5.57 Å². The lowest BCUT2D eigenvalue weighted by molar-refractivity contribution is -0.268. The Bertz CT molecular complexity index is 1170. The number of aromatic nitrogens is 1. The number of carbonyl (C=O) groups excluding carboxylic acids is 5. The van der Waals surface area contributed by atoms with Crippen molar-refractivity contribution in [1.82, 2.24) is 9.88 Å². The average Bonchev–Trinajstić information content (AvgIpc) is 3.13. The Morgan fingerprint density at radius 1 is 0.921 bits per heavy atom. The van der Waals surface area contributed by atoms with Gasteiger partial charge >= 0.3 is 23.9 Å². The summed E-state index contributed by atoms with van der Waals surface area (Å²) in [6, 6.07) is 3.46. The lowest BCUT2D eigenvalue weighted by Crippen LogP contribution is -2.66. The number of hydrogen-bond donors (Lipinski definition) is 0. The van der Waals surface area contributed by atoms with Crippen LogP contribution in [-0.2, 0) is 47.7 Å². The molecule has 204 valence electrons. The fraction of sp³-hybridized carbons (Fsp3) is 0.458. The Kier molecular flexibility index (Phi) is 9.57. The van der Waals surface area contributed by atoms with E-state index in [1.165, 1.54) is 6.92 Å². The Morgan fingerprint density at radius 2 is 1.47 bits per heavy atom. The van der Waals surface area contributed by atoms with Crippen molar-refractivity contribution in [2.75, 3.05) is 6.61 Å². The topological polar surface area (TPSA) is 148 Å². The summed E-state index contributed by atoms with van der Waals surface area (Å²) in [7, 11) is 0. The molecule has 1 aromatic heterocycles. The number of rotatable bonds is 7. The van der Waals surface area contributed by atoms with E-state index >= 15 is 0 Å². The summed E-state index contributed by atoms with van der Waals surface area (Å²) >= 11 is 6.52. The quantitative estimate of drug-likeness (QED) is 0.204. The van der Waals surface area contributed by atoms with Gasteiger partial charge in [-0.3, -0.25) is 33.9 Å². The predicted octanol–water partition coefficient (Wildman–Crippen LogP) is 1.76. The molecule has 2 aliphatic heterocycles. The van der Waals surface area contributed by atoms with E-state index in [4.69, 9.17) is 35.9 Å². The van der Waals surface area contributed by atoms with Gasteiger partial charge in [-0.1, -0.05) is 24.0 Å². The van der Waals surface area contributed by atoms with Gasteiger partial charge in [-0.2, -0.15) is 0 Å². The molecule has 0 spiro atoms. The van der Waals surface area contributed by atoms with E-state index in [1.54, 1.807) is 31.5 Å². The van der Waals surface area contributed by atoms with Gasteiger partial charge in [0, 0.05) is 40.1 Å². The van der Waals surface area contributed by atoms with E-state index < -0.39 is 67.0 Å². The number of thioether (sulfide) groups is 1. The molecular weight excluding hydrogens is 540 g/mol. The Labute approximate surface area is 228 Å². The molecule has 14 heteroatoms. The zero-order chi connectivity index (χ0) is 28.1. The van der Waals surface area contributed by atoms with Gasteiger partial charge in [0.1, 0.15) is 12.7 Å². The second-order valence-corrected chi connectivity index (χ2v) is 9.97. The van der Waals surface area contributed by atoms with Crippen molar-refractivity contribution in [3.63, 3.8) is 0 Å². The normalized spacial score (nSPS) is 26.4. The molecule has 1 amide bonds. The number of amides is 1. The van der Waals surface area contributed by atoms with Crippen LogP contribution in [0.3, 0.4) is 0 Å². The molecule has 3 heterocycles. The van der Waals surface area contributed by atoms with Gasteiger partial charge in [0.25, 0.3) is 5.91 Å². The van der Waals surface area contributed by atoms with Crippen LogP contribution in [0.15, 0.2) is 29.4 Å². The van der Waals surface area contributed by atoms with Crippen molar-refractivity contribution in [1.29, 1.82) is 0 Å². The van der Waals surface area contributed by atoms with Crippen LogP contribution in [0, 0.1) is 0 Å². The van der Waals surface area contributed by atoms with E-state index in [-0.39, 0.29) is 4.32 Å². The van der Waals surface area contributed by atoms with Gasteiger partial charge in [-0.25, -0.2) is 0 Å². The summed E-state index contributed by atoms with van der Waals surface area (Å²) < 4.78 is 27.5. The molecule has 0 unspecified atom stereocenters. The maximum Gasteiger partial charge on any atom is 0.303 e. The predicted molar refractivity (Wildman–Crippen MR) is 136 cm³/mol. The van der Waals surface area contributed by atoms with Crippen molar-refractivity contribution in [2.24, 2.45) is 0 Å². The van der Waals surface area contributed by atoms with E-state index in [9.17, 15) is 24.0 Å². The number of nitrogens with zero attached hydrogens (tertiary/aromatic N) is 2. The van der Waals surface area contributed by atoms with E-state index in [1.807, 2.05) is 0 Å². The fourth-order valence-electron chi connectivity index (χ4n) is 3.98. The molecule has 2 aliphatic rings. The first kappa shape index (κ1) is 29.2. The Balaban J connectivity index is 2.09. The van der Waals surface area contributed by atoms with Gasteiger partial charge < -0.3 is 23.7 Å². The highest BCUT2D eigenvalue weighted by Crippen LogP contribution is 2.41. The van der Waals surface area contributed by atoms with Gasteiger partial charge in [0.2, 0.25) is 0 Å². The first-order valence-electron chi connectivity index (χ1n) is 11.4. The number of thiocarbonyl (C=S) groups is 1. The summed E-state index contributed by atoms with van der Waals surface area (Å²) in [6.07, 6.45) is -3.67. The van der Waals surface area contributed by atoms with Crippen LogP contribution >= 0.6 is 24.0 Å². The van der Waals surface area contributed by atoms with Crippen LogP contribution in [-0.4, -0.2) is 81.2 Å². The molecule has 0 saturated carbocycles. The Hall–Kier alpha value is -3.36. The molecule has 0 N–H and O–H groups in total. The minimum Gasteiger partial charge on any atom is -0.463 e. The maximum absolute atomic E-state index is 13.7. The molecule has 0 bridgehead atoms. The zero-order valence-electron chi connectivity index (χ0n) is 21.2. The lowest BCUT2D eigenvalue weighted by atomic mass is 9.96. The highest BCUT2D eigenvalue weighted by atomic mass is 32.2. The second-order valence-electron chi connectivity index (χ2n) is 8.32. The van der Waals surface area contributed by atoms with Gasteiger partial charge in [0.05, 0.1) is 4.91 Å². The highest BCUT2D eigenvalue weighted by molar-refractivity contribution is 8.26. The smallest absolute Gasteiger partial charge is 0.303 e. The molecule has 1 aromatic rings. The average molecular weight is 567 g/mol. The summed E-state index contributed by atoms with van der Waals surface area (Å²) in [4.78, 5) is 66.7. The number of carbonyl (C=O) groups is 5. The molecule has 38 heavy (non-hydrogen) atoms. The number of esters is 4. The first-order chi connectivity index (χ1) is 17.9. The van der Waals surface area contributed by atoms with Crippen LogP contribution < -0.4 is 0 Å². The molecule has 3 rings (SSSR count). The van der Waals surface area contributed by atoms with Crippen LogP contribution in [0.2, 0.25) is 0 Å². The molecule has 0 aliphatic carbocycles. The first-order valence-corrected chi connectivity index (χ1v) is 12.6. The van der Waals surface area contributed by atoms with Crippen molar-refractivity contribution in [3.05, 3.63) is 35.0 Å².